The monoisotopic (exact) mass is 338 g/mol. The summed E-state index contributed by atoms with van der Waals surface area (Å²) in [5, 5.41) is 13.6. The third kappa shape index (κ3) is 2.85. The van der Waals surface area contributed by atoms with Crippen molar-refractivity contribution < 1.29 is 14.2 Å². The molecule has 0 bridgehead atoms. The highest BCUT2D eigenvalue weighted by molar-refractivity contribution is 5.71. The first-order valence-corrected chi connectivity index (χ1v) is 7.51. The predicted octanol–water partition coefficient (Wildman–Crippen LogP) is 3.52. The van der Waals surface area contributed by atoms with Gasteiger partial charge in [0.1, 0.15) is 5.75 Å². The summed E-state index contributed by atoms with van der Waals surface area (Å²) >= 11 is 0. The van der Waals surface area contributed by atoms with Crippen LogP contribution < -0.4 is 19.8 Å². The first kappa shape index (κ1) is 15.0. The van der Waals surface area contributed by atoms with Gasteiger partial charge in [-0.25, -0.2) is 0 Å². The van der Waals surface area contributed by atoms with Gasteiger partial charge in [0.05, 0.1) is 18.5 Å². The van der Waals surface area contributed by atoms with Crippen LogP contribution in [0.4, 0.5) is 11.4 Å². The van der Waals surface area contributed by atoms with Crippen LogP contribution >= 0.6 is 0 Å². The molecule has 0 fully saturated rings. The number of rotatable bonds is 4. The SMILES string of the molecule is COc1ccc(-c2[nH][nH]c(=O)c2N=Nc2ccc3c(c2)OCO3)cc1. The Labute approximate surface area is 142 Å². The van der Waals surface area contributed by atoms with E-state index in [2.05, 4.69) is 20.4 Å². The van der Waals surface area contributed by atoms with E-state index < -0.39 is 0 Å². The Bertz CT molecular complexity index is 989. The van der Waals surface area contributed by atoms with Gasteiger partial charge in [0.2, 0.25) is 6.79 Å². The van der Waals surface area contributed by atoms with Gasteiger partial charge in [-0.3, -0.25) is 15.0 Å². The van der Waals surface area contributed by atoms with Crippen LogP contribution in [-0.2, 0) is 0 Å². The van der Waals surface area contributed by atoms with Crippen molar-refractivity contribution in [2.75, 3.05) is 13.9 Å². The number of ether oxygens (including phenoxy) is 3. The molecular weight excluding hydrogens is 324 g/mol. The van der Waals surface area contributed by atoms with Crippen LogP contribution in [0.5, 0.6) is 17.2 Å². The Kier molecular flexibility index (Phi) is 3.70. The van der Waals surface area contributed by atoms with E-state index in [1.165, 1.54) is 0 Å². The van der Waals surface area contributed by atoms with E-state index in [1.807, 2.05) is 12.1 Å². The predicted molar refractivity (Wildman–Crippen MR) is 90.1 cm³/mol. The molecule has 0 saturated carbocycles. The van der Waals surface area contributed by atoms with Crippen LogP contribution in [-0.4, -0.2) is 24.1 Å². The van der Waals surface area contributed by atoms with Crippen molar-refractivity contribution in [3.63, 3.8) is 0 Å². The van der Waals surface area contributed by atoms with Crippen LogP contribution in [0.15, 0.2) is 57.5 Å². The fourth-order valence-electron chi connectivity index (χ4n) is 2.47. The summed E-state index contributed by atoms with van der Waals surface area (Å²) < 4.78 is 15.7. The molecule has 1 aliphatic heterocycles. The molecule has 3 aromatic rings. The number of hydrogen-bond acceptors (Lipinski definition) is 6. The molecule has 0 saturated heterocycles. The van der Waals surface area contributed by atoms with E-state index in [4.69, 9.17) is 14.2 Å². The highest BCUT2D eigenvalue weighted by Crippen LogP contribution is 2.36. The maximum absolute atomic E-state index is 12.0. The van der Waals surface area contributed by atoms with E-state index >= 15 is 0 Å². The molecule has 2 heterocycles. The summed E-state index contributed by atoms with van der Waals surface area (Å²) in [5.41, 5.74) is 1.75. The van der Waals surface area contributed by atoms with Crippen LogP contribution in [0.2, 0.25) is 0 Å². The van der Waals surface area contributed by atoms with Gasteiger partial charge in [0.25, 0.3) is 5.56 Å². The van der Waals surface area contributed by atoms with Gasteiger partial charge < -0.3 is 14.2 Å². The highest BCUT2D eigenvalue weighted by Gasteiger charge is 2.14. The number of methoxy groups -OCH3 is 1. The molecule has 0 spiro atoms. The zero-order valence-corrected chi connectivity index (χ0v) is 13.3. The van der Waals surface area contributed by atoms with Gasteiger partial charge in [-0.1, -0.05) is 0 Å². The molecule has 0 aliphatic carbocycles. The molecule has 0 amide bonds. The molecule has 1 aromatic heterocycles. The van der Waals surface area contributed by atoms with Gasteiger partial charge in [-0.05, 0) is 36.4 Å². The summed E-state index contributed by atoms with van der Waals surface area (Å²) in [7, 11) is 1.60. The van der Waals surface area contributed by atoms with Gasteiger partial charge >= 0.3 is 0 Å². The molecular formula is C17H14N4O4. The lowest BCUT2D eigenvalue weighted by molar-refractivity contribution is 0.174. The molecule has 0 atom stereocenters. The number of azo groups is 1. The number of benzene rings is 2. The van der Waals surface area contributed by atoms with Crippen LogP contribution in [0.25, 0.3) is 11.3 Å². The smallest absolute Gasteiger partial charge is 0.292 e. The first-order chi connectivity index (χ1) is 12.2. The molecule has 4 rings (SSSR count). The van der Waals surface area contributed by atoms with E-state index in [0.717, 1.165) is 11.3 Å². The van der Waals surface area contributed by atoms with Crippen molar-refractivity contribution in [2.45, 2.75) is 0 Å². The van der Waals surface area contributed by atoms with Gasteiger partial charge in [-0.15, -0.1) is 5.11 Å². The Morgan fingerprint density at radius 2 is 1.80 bits per heavy atom. The average molecular weight is 338 g/mol. The topological polar surface area (TPSA) is 101 Å². The second-order valence-electron chi connectivity index (χ2n) is 5.27. The molecule has 0 unspecified atom stereocenters. The van der Waals surface area contributed by atoms with Crippen molar-refractivity contribution in [2.24, 2.45) is 10.2 Å². The van der Waals surface area contributed by atoms with Crippen molar-refractivity contribution in [1.82, 2.24) is 10.2 Å². The zero-order chi connectivity index (χ0) is 17.2. The fourth-order valence-corrected chi connectivity index (χ4v) is 2.47. The minimum Gasteiger partial charge on any atom is -0.497 e. The number of aromatic amines is 2. The molecule has 2 N–H and O–H groups in total. The number of H-pyrrole nitrogens is 2. The summed E-state index contributed by atoms with van der Waals surface area (Å²) in [6, 6.07) is 12.5. The Balaban J connectivity index is 1.66. The molecule has 8 heteroatoms. The highest BCUT2D eigenvalue weighted by atomic mass is 16.7. The molecule has 2 aromatic carbocycles. The lowest BCUT2D eigenvalue weighted by atomic mass is 10.1. The second-order valence-corrected chi connectivity index (χ2v) is 5.27. The zero-order valence-electron chi connectivity index (χ0n) is 13.3. The van der Waals surface area contributed by atoms with Crippen molar-refractivity contribution in [3.8, 4) is 28.5 Å². The summed E-state index contributed by atoms with van der Waals surface area (Å²) in [6.07, 6.45) is 0. The fraction of sp³-hybridized carbons (Fsp3) is 0.118. The van der Waals surface area contributed by atoms with Crippen LogP contribution in [0.1, 0.15) is 0 Å². The van der Waals surface area contributed by atoms with E-state index in [1.54, 1.807) is 37.4 Å². The Morgan fingerprint density at radius 3 is 2.60 bits per heavy atom. The number of hydrogen-bond donors (Lipinski definition) is 2. The summed E-state index contributed by atoms with van der Waals surface area (Å²) in [6.45, 7) is 0.190. The minimum atomic E-state index is -0.352. The quantitative estimate of drug-likeness (QED) is 0.711. The lowest BCUT2D eigenvalue weighted by Crippen LogP contribution is -1.96. The maximum Gasteiger partial charge on any atom is 0.292 e. The average Bonchev–Trinajstić information content (AvgIpc) is 3.26. The van der Waals surface area contributed by atoms with Gasteiger partial charge in [0.15, 0.2) is 17.2 Å². The third-order valence-electron chi connectivity index (χ3n) is 3.75. The van der Waals surface area contributed by atoms with E-state index in [0.29, 0.717) is 22.9 Å². The van der Waals surface area contributed by atoms with Crippen LogP contribution in [0.3, 0.4) is 0 Å². The standard InChI is InChI=1S/C17H14N4O4/c1-23-12-5-2-10(3-6-12)15-16(17(22)21-19-15)20-18-11-4-7-13-14(8-11)25-9-24-13/h2-8H,9H2,1H3,(H2,19,21,22). The van der Waals surface area contributed by atoms with Crippen molar-refractivity contribution in [3.05, 3.63) is 52.8 Å². The van der Waals surface area contributed by atoms with E-state index in [9.17, 15) is 4.79 Å². The summed E-state index contributed by atoms with van der Waals surface area (Å²) in [5.74, 6) is 2.00. The molecule has 8 nitrogen and oxygen atoms in total. The van der Waals surface area contributed by atoms with E-state index in [-0.39, 0.29) is 18.0 Å². The normalized spacial score (nSPS) is 12.7. The third-order valence-corrected chi connectivity index (χ3v) is 3.75. The summed E-state index contributed by atoms with van der Waals surface area (Å²) in [4.78, 5) is 12.0. The number of nitrogens with zero attached hydrogens (tertiary/aromatic N) is 2. The Morgan fingerprint density at radius 1 is 1.00 bits per heavy atom. The van der Waals surface area contributed by atoms with Gasteiger partial charge in [-0.2, -0.15) is 5.11 Å². The van der Waals surface area contributed by atoms with Crippen molar-refractivity contribution in [1.29, 1.82) is 0 Å². The number of aromatic nitrogens is 2. The number of fused-ring (bicyclic) bond motifs is 1. The van der Waals surface area contributed by atoms with Crippen molar-refractivity contribution >= 4 is 11.4 Å². The Hall–Kier alpha value is -3.55. The molecule has 25 heavy (non-hydrogen) atoms. The number of nitrogens with one attached hydrogen (secondary N) is 2. The largest absolute Gasteiger partial charge is 0.497 e. The van der Waals surface area contributed by atoms with Gasteiger partial charge in [0, 0.05) is 11.6 Å². The maximum atomic E-state index is 12.0. The molecule has 0 radical (unpaired) electrons. The van der Waals surface area contributed by atoms with Crippen LogP contribution in [0, 0.1) is 0 Å². The molecule has 126 valence electrons. The second kappa shape index (κ2) is 6.16. The first-order valence-electron chi connectivity index (χ1n) is 7.51. The lowest BCUT2D eigenvalue weighted by Gasteiger charge is -2.02. The molecule has 1 aliphatic rings. The minimum absolute atomic E-state index is 0.190.